The second-order valence-electron chi connectivity index (χ2n) is 4.71. The predicted octanol–water partition coefficient (Wildman–Crippen LogP) is 3.46. The molecule has 0 saturated carbocycles. The lowest BCUT2D eigenvalue weighted by molar-refractivity contribution is 0.0522. The Kier molecular flexibility index (Phi) is 5.63. The summed E-state index contributed by atoms with van der Waals surface area (Å²) in [5.41, 5.74) is -0.433. The molecule has 3 nitrogen and oxygen atoms in total. The summed E-state index contributed by atoms with van der Waals surface area (Å²) in [6.07, 6.45) is 1.59. The number of hydrogen-bond acceptors (Lipinski definition) is 2. The Bertz CT molecular complexity index is 207. The fraction of sp³-hybridized carbons (Fsp3) is 0.909. The molecule has 0 radical (unpaired) electrons. The van der Waals surface area contributed by atoms with Crippen molar-refractivity contribution < 1.29 is 9.53 Å². The van der Waals surface area contributed by atoms with Gasteiger partial charge in [-0.2, -0.15) is 0 Å². The molecule has 1 amide bonds. The Balaban J connectivity index is 4.00. The van der Waals surface area contributed by atoms with Crippen molar-refractivity contribution >= 4 is 22.0 Å². The summed E-state index contributed by atoms with van der Waals surface area (Å²) in [7, 11) is 0. The van der Waals surface area contributed by atoms with Gasteiger partial charge in [0, 0.05) is 10.9 Å². The Labute approximate surface area is 101 Å². The van der Waals surface area contributed by atoms with Gasteiger partial charge in [0.15, 0.2) is 0 Å². The average molecular weight is 280 g/mol. The number of hydrogen-bond donors (Lipinski definition) is 1. The maximum absolute atomic E-state index is 11.4. The summed E-state index contributed by atoms with van der Waals surface area (Å²) in [5.74, 6) is 0. The van der Waals surface area contributed by atoms with Crippen LogP contribution in [-0.2, 0) is 4.74 Å². The molecule has 4 heteroatoms. The fourth-order valence-corrected chi connectivity index (χ4v) is 1.18. The molecule has 0 bridgehead atoms. The zero-order valence-electron chi connectivity index (χ0n) is 10.3. The van der Waals surface area contributed by atoms with Gasteiger partial charge in [-0.3, -0.25) is 0 Å². The van der Waals surface area contributed by atoms with Crippen LogP contribution in [0, 0.1) is 0 Å². The van der Waals surface area contributed by atoms with Crippen LogP contribution < -0.4 is 5.32 Å². The summed E-state index contributed by atoms with van der Waals surface area (Å²) < 4.78 is 5.14. The van der Waals surface area contributed by atoms with Crippen molar-refractivity contribution in [3.63, 3.8) is 0 Å². The van der Waals surface area contributed by atoms with Crippen LogP contribution in [0.1, 0.15) is 47.5 Å². The molecule has 0 spiro atoms. The molecular weight excluding hydrogens is 258 g/mol. The molecular formula is C11H22BrNO2. The first-order chi connectivity index (χ1) is 6.72. The van der Waals surface area contributed by atoms with E-state index in [2.05, 4.69) is 35.1 Å². The van der Waals surface area contributed by atoms with Crippen LogP contribution in [0.3, 0.4) is 0 Å². The third-order valence-electron chi connectivity index (χ3n) is 2.22. The van der Waals surface area contributed by atoms with Gasteiger partial charge in [-0.05, 0) is 33.6 Å². The molecule has 0 saturated heterocycles. The van der Waals surface area contributed by atoms with E-state index in [0.717, 1.165) is 12.8 Å². The van der Waals surface area contributed by atoms with E-state index in [1.54, 1.807) is 0 Å². The Morgan fingerprint density at radius 3 is 2.07 bits per heavy atom. The van der Waals surface area contributed by atoms with Crippen molar-refractivity contribution in [2.75, 3.05) is 6.54 Å². The van der Waals surface area contributed by atoms with E-state index < -0.39 is 5.60 Å². The minimum Gasteiger partial charge on any atom is -0.444 e. The molecule has 0 aliphatic rings. The first-order valence-corrected chi connectivity index (χ1v) is 6.17. The molecule has 0 unspecified atom stereocenters. The molecule has 0 aliphatic heterocycles. The zero-order chi connectivity index (χ0) is 12.1. The van der Waals surface area contributed by atoms with Gasteiger partial charge >= 0.3 is 6.09 Å². The van der Waals surface area contributed by atoms with E-state index >= 15 is 0 Å². The largest absolute Gasteiger partial charge is 0.444 e. The number of rotatable bonds is 4. The van der Waals surface area contributed by atoms with E-state index in [1.165, 1.54) is 0 Å². The van der Waals surface area contributed by atoms with E-state index in [4.69, 9.17) is 4.74 Å². The van der Waals surface area contributed by atoms with Crippen LogP contribution in [0.2, 0.25) is 0 Å². The van der Waals surface area contributed by atoms with Gasteiger partial charge in [-0.25, -0.2) is 4.79 Å². The first-order valence-electron chi connectivity index (χ1n) is 5.38. The van der Waals surface area contributed by atoms with Crippen molar-refractivity contribution in [2.24, 2.45) is 0 Å². The minimum absolute atomic E-state index is 0.0100. The van der Waals surface area contributed by atoms with E-state index in [0.29, 0.717) is 6.54 Å². The standard InChI is InChI=1S/C11H22BrNO2/c1-6-11(12,7-2)8-13-9(14)15-10(3,4)5/h6-8H2,1-5H3,(H,13,14). The first kappa shape index (κ1) is 14.8. The summed E-state index contributed by atoms with van der Waals surface area (Å²) in [6, 6.07) is 0. The van der Waals surface area contributed by atoms with Crippen LogP contribution in [0.4, 0.5) is 4.79 Å². The van der Waals surface area contributed by atoms with Gasteiger partial charge in [0.1, 0.15) is 5.60 Å². The normalized spacial score (nSPS) is 12.4. The summed E-state index contributed by atoms with van der Waals surface area (Å²) >= 11 is 3.62. The van der Waals surface area contributed by atoms with Crippen LogP contribution in [0.5, 0.6) is 0 Å². The van der Waals surface area contributed by atoms with Crippen molar-refractivity contribution in [3.8, 4) is 0 Å². The fourth-order valence-electron chi connectivity index (χ4n) is 1.04. The number of amides is 1. The second-order valence-corrected chi connectivity index (χ2v) is 6.40. The highest BCUT2D eigenvalue weighted by Gasteiger charge is 2.24. The topological polar surface area (TPSA) is 38.3 Å². The molecule has 15 heavy (non-hydrogen) atoms. The summed E-state index contributed by atoms with van der Waals surface area (Å²) in [6.45, 7) is 10.3. The third kappa shape index (κ3) is 6.77. The van der Waals surface area contributed by atoms with Crippen LogP contribution in [0.15, 0.2) is 0 Å². The highest BCUT2D eigenvalue weighted by Crippen LogP contribution is 2.25. The smallest absolute Gasteiger partial charge is 0.407 e. The second kappa shape index (κ2) is 5.73. The summed E-state index contributed by atoms with van der Waals surface area (Å²) in [5, 5.41) is 2.77. The quantitative estimate of drug-likeness (QED) is 0.801. The van der Waals surface area contributed by atoms with Crippen molar-refractivity contribution in [3.05, 3.63) is 0 Å². The van der Waals surface area contributed by atoms with Crippen molar-refractivity contribution in [2.45, 2.75) is 57.4 Å². The Morgan fingerprint density at radius 1 is 1.27 bits per heavy atom. The van der Waals surface area contributed by atoms with Crippen molar-refractivity contribution in [1.29, 1.82) is 0 Å². The Hall–Kier alpha value is -0.250. The number of ether oxygens (including phenoxy) is 1. The maximum atomic E-state index is 11.4. The average Bonchev–Trinajstić information content (AvgIpc) is 2.12. The zero-order valence-corrected chi connectivity index (χ0v) is 11.9. The third-order valence-corrected chi connectivity index (χ3v) is 3.62. The van der Waals surface area contributed by atoms with Gasteiger partial charge in [0.05, 0.1) is 0 Å². The number of carbonyl (C=O) groups excluding carboxylic acids is 1. The highest BCUT2D eigenvalue weighted by molar-refractivity contribution is 9.10. The minimum atomic E-state index is -0.433. The number of alkyl carbamates (subject to hydrolysis) is 1. The van der Waals surface area contributed by atoms with Crippen LogP contribution in [0.25, 0.3) is 0 Å². The SMILES string of the molecule is CCC(Br)(CC)CNC(=O)OC(C)(C)C. The predicted molar refractivity (Wildman–Crippen MR) is 66.5 cm³/mol. The number of alkyl halides is 1. The van der Waals surface area contributed by atoms with Gasteiger partial charge < -0.3 is 10.1 Å². The van der Waals surface area contributed by atoms with Gasteiger partial charge in [0.25, 0.3) is 0 Å². The summed E-state index contributed by atoms with van der Waals surface area (Å²) in [4.78, 5) is 11.4. The molecule has 0 fully saturated rings. The number of nitrogens with one attached hydrogen (secondary N) is 1. The molecule has 0 heterocycles. The molecule has 0 aromatic heterocycles. The van der Waals surface area contributed by atoms with E-state index in [-0.39, 0.29) is 10.4 Å². The highest BCUT2D eigenvalue weighted by atomic mass is 79.9. The molecule has 90 valence electrons. The molecule has 0 rings (SSSR count). The van der Waals surface area contributed by atoms with E-state index in [9.17, 15) is 4.79 Å². The molecule has 1 N–H and O–H groups in total. The van der Waals surface area contributed by atoms with Gasteiger partial charge in [0.2, 0.25) is 0 Å². The Morgan fingerprint density at radius 2 is 1.73 bits per heavy atom. The number of halogens is 1. The monoisotopic (exact) mass is 279 g/mol. The van der Waals surface area contributed by atoms with Crippen LogP contribution >= 0.6 is 15.9 Å². The molecule has 0 atom stereocenters. The van der Waals surface area contributed by atoms with E-state index in [1.807, 2.05) is 20.8 Å². The molecule has 0 aromatic rings. The van der Waals surface area contributed by atoms with Gasteiger partial charge in [-0.15, -0.1) is 0 Å². The number of carbonyl (C=O) groups is 1. The van der Waals surface area contributed by atoms with Gasteiger partial charge in [-0.1, -0.05) is 29.8 Å². The lowest BCUT2D eigenvalue weighted by atomic mass is 10.0. The lowest BCUT2D eigenvalue weighted by Gasteiger charge is -2.26. The van der Waals surface area contributed by atoms with Crippen LogP contribution in [-0.4, -0.2) is 22.6 Å². The molecule has 0 aliphatic carbocycles. The maximum Gasteiger partial charge on any atom is 0.407 e. The van der Waals surface area contributed by atoms with Crippen molar-refractivity contribution in [1.82, 2.24) is 5.32 Å². The molecule has 0 aromatic carbocycles. The lowest BCUT2D eigenvalue weighted by Crippen LogP contribution is -2.40.